The highest BCUT2D eigenvalue weighted by Crippen LogP contribution is 2.36. The second-order valence-corrected chi connectivity index (χ2v) is 6.83. The molecular weight excluding hydrogens is 380 g/mol. The highest BCUT2D eigenvalue weighted by Gasteiger charge is 2.17. The third-order valence-corrected chi connectivity index (χ3v) is 5.09. The van der Waals surface area contributed by atoms with Crippen LogP contribution in [0.2, 0.25) is 0 Å². The third kappa shape index (κ3) is 3.52. The van der Waals surface area contributed by atoms with E-state index in [0.717, 1.165) is 10.2 Å². The van der Waals surface area contributed by atoms with Gasteiger partial charge in [-0.1, -0.05) is 23.3 Å². The molecule has 0 saturated carbocycles. The number of ether oxygens (including phenoxy) is 4. The van der Waals surface area contributed by atoms with Crippen molar-refractivity contribution in [1.82, 2.24) is 4.57 Å². The Balaban J connectivity index is 1.61. The molecule has 1 amide bonds. The van der Waals surface area contributed by atoms with Crippen LogP contribution < -0.4 is 23.7 Å². The summed E-state index contributed by atoms with van der Waals surface area (Å²) in [4.78, 5) is 17.0. The third-order valence-electron chi connectivity index (χ3n) is 4.05. The zero-order valence-corrected chi connectivity index (χ0v) is 15.8. The van der Waals surface area contributed by atoms with Crippen LogP contribution in [-0.2, 0) is 11.3 Å². The number of hydrogen-bond acceptors (Lipinski definition) is 6. The van der Waals surface area contributed by atoms with E-state index in [1.54, 1.807) is 35.9 Å². The van der Waals surface area contributed by atoms with Crippen LogP contribution in [-0.4, -0.2) is 31.0 Å². The van der Waals surface area contributed by atoms with Crippen molar-refractivity contribution in [1.29, 1.82) is 0 Å². The Labute approximate surface area is 164 Å². The molecule has 2 aromatic carbocycles. The monoisotopic (exact) mass is 396 g/mol. The first-order chi connectivity index (χ1) is 13.7. The van der Waals surface area contributed by atoms with Gasteiger partial charge in [0.2, 0.25) is 6.79 Å². The molecular formula is C20H16N2O5S. The molecule has 8 heteroatoms. The first-order valence-corrected chi connectivity index (χ1v) is 9.20. The van der Waals surface area contributed by atoms with Crippen LogP contribution in [0.3, 0.4) is 0 Å². The fourth-order valence-corrected chi connectivity index (χ4v) is 3.82. The van der Waals surface area contributed by atoms with E-state index in [1.165, 1.54) is 11.3 Å². The minimum Gasteiger partial charge on any atom is -0.497 e. The number of carbonyl (C=O) groups is 1. The second kappa shape index (κ2) is 7.66. The second-order valence-electron chi connectivity index (χ2n) is 5.82. The highest BCUT2D eigenvalue weighted by molar-refractivity contribution is 7.16. The van der Waals surface area contributed by atoms with Crippen molar-refractivity contribution < 1.29 is 23.7 Å². The molecule has 0 aliphatic carbocycles. The predicted molar refractivity (Wildman–Crippen MR) is 104 cm³/mol. The molecule has 1 aromatic heterocycles. The van der Waals surface area contributed by atoms with E-state index in [4.69, 9.17) is 25.4 Å². The molecule has 0 radical (unpaired) electrons. The largest absolute Gasteiger partial charge is 0.497 e. The van der Waals surface area contributed by atoms with Crippen LogP contribution >= 0.6 is 11.3 Å². The topological polar surface area (TPSA) is 71.3 Å². The maximum Gasteiger partial charge on any atom is 0.286 e. The Hall–Kier alpha value is -3.44. The number of nitrogens with zero attached hydrogens (tertiary/aromatic N) is 2. The van der Waals surface area contributed by atoms with Gasteiger partial charge in [0, 0.05) is 18.2 Å². The summed E-state index contributed by atoms with van der Waals surface area (Å²) < 4.78 is 24.2. The number of aromatic nitrogens is 1. The quantitative estimate of drug-likeness (QED) is 0.620. The van der Waals surface area contributed by atoms with Gasteiger partial charge in [0.1, 0.15) is 11.5 Å². The Bertz CT molecular complexity index is 1160. The van der Waals surface area contributed by atoms with Gasteiger partial charge in [0.05, 0.1) is 23.9 Å². The molecule has 0 N–H and O–H groups in total. The summed E-state index contributed by atoms with van der Waals surface area (Å²) in [6.07, 6.45) is 5.50. The molecule has 0 atom stereocenters. The molecule has 0 saturated heterocycles. The van der Waals surface area contributed by atoms with Crippen molar-refractivity contribution in [2.75, 3.05) is 20.5 Å². The van der Waals surface area contributed by atoms with E-state index in [-0.39, 0.29) is 19.9 Å². The lowest BCUT2D eigenvalue weighted by molar-refractivity contribution is -0.120. The van der Waals surface area contributed by atoms with Crippen LogP contribution in [0.5, 0.6) is 23.0 Å². The Morgan fingerprint density at radius 2 is 2.07 bits per heavy atom. The first kappa shape index (κ1) is 17.9. The van der Waals surface area contributed by atoms with Crippen LogP contribution in [0.25, 0.3) is 10.2 Å². The summed E-state index contributed by atoms with van der Waals surface area (Å²) in [6, 6.07) is 10.7. The average Bonchev–Trinajstić information content (AvgIpc) is 3.29. The van der Waals surface area contributed by atoms with Crippen LogP contribution in [0.4, 0.5) is 0 Å². The van der Waals surface area contributed by atoms with Crippen molar-refractivity contribution in [3.05, 3.63) is 41.2 Å². The lowest BCUT2D eigenvalue weighted by Gasteiger charge is -2.05. The van der Waals surface area contributed by atoms with Gasteiger partial charge in [-0.2, -0.15) is 4.99 Å². The van der Waals surface area contributed by atoms with Gasteiger partial charge in [-0.25, -0.2) is 0 Å². The van der Waals surface area contributed by atoms with Crippen molar-refractivity contribution in [3.63, 3.8) is 0 Å². The molecule has 7 nitrogen and oxygen atoms in total. The zero-order valence-electron chi connectivity index (χ0n) is 15.0. The molecule has 0 bridgehead atoms. The highest BCUT2D eigenvalue weighted by atomic mass is 32.1. The van der Waals surface area contributed by atoms with Gasteiger partial charge in [0.25, 0.3) is 5.91 Å². The lowest BCUT2D eigenvalue weighted by atomic mass is 10.3. The van der Waals surface area contributed by atoms with E-state index in [2.05, 4.69) is 10.9 Å². The number of rotatable bonds is 5. The molecule has 142 valence electrons. The molecule has 4 rings (SSSR count). The fraction of sp³-hybridized carbons (Fsp3) is 0.200. The maximum absolute atomic E-state index is 12.3. The number of terminal acetylenes is 1. The minimum atomic E-state index is -0.416. The molecule has 0 unspecified atom stereocenters. The van der Waals surface area contributed by atoms with Gasteiger partial charge in [-0.15, -0.1) is 6.42 Å². The summed E-state index contributed by atoms with van der Waals surface area (Å²) in [5.41, 5.74) is 0.840. The number of methoxy groups -OCH3 is 1. The average molecular weight is 396 g/mol. The van der Waals surface area contributed by atoms with Crippen molar-refractivity contribution in [2.45, 2.75) is 6.54 Å². The van der Waals surface area contributed by atoms with Gasteiger partial charge in [0.15, 0.2) is 22.9 Å². The smallest absolute Gasteiger partial charge is 0.286 e. The SMILES string of the molecule is C#CCn1c(=NC(=O)COc2cccc(OC)c2)sc2cc3c(cc21)OCO3. The number of hydrogen-bond donors (Lipinski definition) is 0. The lowest BCUT2D eigenvalue weighted by Crippen LogP contribution is -2.19. The number of carbonyl (C=O) groups excluding carboxylic acids is 1. The molecule has 3 aromatic rings. The number of benzene rings is 2. The normalized spacial score (nSPS) is 12.8. The van der Waals surface area contributed by atoms with E-state index < -0.39 is 5.91 Å². The molecule has 2 heterocycles. The molecule has 28 heavy (non-hydrogen) atoms. The molecule has 1 aliphatic rings. The van der Waals surface area contributed by atoms with Crippen molar-refractivity contribution in [3.8, 4) is 35.3 Å². The summed E-state index contributed by atoms with van der Waals surface area (Å²) >= 11 is 1.35. The predicted octanol–water partition coefficient (Wildman–Crippen LogP) is 2.58. The van der Waals surface area contributed by atoms with E-state index in [9.17, 15) is 4.79 Å². The summed E-state index contributed by atoms with van der Waals surface area (Å²) in [5.74, 6) is 4.67. The van der Waals surface area contributed by atoms with E-state index in [1.807, 2.05) is 12.1 Å². The Morgan fingerprint density at radius 3 is 2.86 bits per heavy atom. The van der Waals surface area contributed by atoms with E-state index >= 15 is 0 Å². The van der Waals surface area contributed by atoms with Gasteiger partial charge in [-0.3, -0.25) is 4.79 Å². The van der Waals surface area contributed by atoms with Crippen LogP contribution in [0.15, 0.2) is 41.4 Å². The van der Waals surface area contributed by atoms with Gasteiger partial charge < -0.3 is 23.5 Å². The zero-order chi connectivity index (χ0) is 19.5. The summed E-state index contributed by atoms with van der Waals surface area (Å²) in [7, 11) is 1.57. The van der Waals surface area contributed by atoms with E-state index in [0.29, 0.717) is 27.8 Å². The molecule has 0 fully saturated rings. The maximum atomic E-state index is 12.3. The van der Waals surface area contributed by atoms with Crippen LogP contribution in [0.1, 0.15) is 0 Å². The van der Waals surface area contributed by atoms with Gasteiger partial charge >= 0.3 is 0 Å². The van der Waals surface area contributed by atoms with Crippen molar-refractivity contribution in [2.24, 2.45) is 4.99 Å². The fourth-order valence-electron chi connectivity index (χ4n) is 2.76. The molecule has 1 aliphatic heterocycles. The minimum absolute atomic E-state index is 0.194. The Kier molecular flexibility index (Phi) is 4.91. The summed E-state index contributed by atoms with van der Waals surface area (Å²) in [5, 5.41) is 0. The first-order valence-electron chi connectivity index (χ1n) is 8.39. The molecule has 0 spiro atoms. The van der Waals surface area contributed by atoms with Crippen molar-refractivity contribution >= 4 is 27.5 Å². The number of amides is 1. The van der Waals surface area contributed by atoms with Gasteiger partial charge in [-0.05, 0) is 12.1 Å². The van der Waals surface area contributed by atoms with Crippen LogP contribution in [0, 0.1) is 12.3 Å². The number of fused-ring (bicyclic) bond motifs is 2. The standard InChI is InChI=1S/C20H16N2O5S/c1-3-7-22-15-9-16-17(27-12-26-16)10-18(15)28-20(22)21-19(23)11-25-14-6-4-5-13(8-14)24-2/h1,4-6,8-10H,7,11-12H2,2H3. The summed E-state index contributed by atoms with van der Waals surface area (Å²) in [6.45, 7) is 0.280. The Morgan fingerprint density at radius 1 is 1.29 bits per heavy atom. The number of thiazole rings is 1.